The average Bonchev–Trinajstić information content (AvgIpc) is 3.41. The number of para-hydroxylation sites is 1. The molecule has 1 saturated heterocycles. The molecule has 1 amide bonds. The number of carbonyl (C=O) groups is 1. The van der Waals surface area contributed by atoms with Crippen LogP contribution in [-0.4, -0.2) is 41.9 Å². The predicted octanol–water partition coefficient (Wildman–Crippen LogP) is 2.25. The molecule has 3 aromatic heterocycles. The number of piperidine rings is 1. The maximum atomic E-state index is 13.1. The van der Waals surface area contributed by atoms with Crippen molar-refractivity contribution in [2.45, 2.75) is 38.1 Å². The number of H-pyrrole nitrogens is 2. The van der Waals surface area contributed by atoms with E-state index in [1.807, 2.05) is 23.1 Å². The number of aromatic nitrogens is 5. The number of thiazole rings is 1. The zero-order valence-corrected chi connectivity index (χ0v) is 17.9. The van der Waals surface area contributed by atoms with Crippen LogP contribution < -0.4 is 11.2 Å². The molecule has 160 valence electrons. The van der Waals surface area contributed by atoms with Crippen LogP contribution in [0.3, 0.4) is 0 Å². The topological polar surface area (TPSA) is 117 Å². The van der Waals surface area contributed by atoms with Gasteiger partial charge in [-0.05, 0) is 31.4 Å². The molecule has 4 aromatic rings. The van der Waals surface area contributed by atoms with Crippen molar-refractivity contribution in [2.75, 3.05) is 6.54 Å². The van der Waals surface area contributed by atoms with E-state index in [-0.39, 0.29) is 23.9 Å². The fourth-order valence-electron chi connectivity index (χ4n) is 4.16. The van der Waals surface area contributed by atoms with Crippen molar-refractivity contribution in [1.29, 1.82) is 0 Å². The number of carbonyl (C=O) groups excluding carboxylic acids is 1. The van der Waals surface area contributed by atoms with Crippen LogP contribution in [0, 0.1) is 0 Å². The number of hydrogen-bond donors (Lipinski definition) is 2. The van der Waals surface area contributed by atoms with Gasteiger partial charge in [-0.2, -0.15) is 0 Å². The lowest BCUT2D eigenvalue weighted by Crippen LogP contribution is -2.38. The predicted molar refractivity (Wildman–Crippen MR) is 118 cm³/mol. The van der Waals surface area contributed by atoms with E-state index in [1.165, 1.54) is 4.57 Å². The number of benzene rings is 1. The van der Waals surface area contributed by atoms with Gasteiger partial charge in [0, 0.05) is 26.4 Å². The van der Waals surface area contributed by atoms with Crippen molar-refractivity contribution in [1.82, 2.24) is 29.4 Å². The SMILES string of the molecule is Cn1c(=O)[nH]c(=O)c2[nH]c(CCC(=O)N3CCCCC3c3nc4ccccc4s3)nc21. The van der Waals surface area contributed by atoms with Crippen molar-refractivity contribution in [2.24, 2.45) is 7.05 Å². The van der Waals surface area contributed by atoms with Crippen molar-refractivity contribution in [3.05, 3.63) is 55.9 Å². The van der Waals surface area contributed by atoms with E-state index < -0.39 is 11.2 Å². The van der Waals surface area contributed by atoms with E-state index in [2.05, 4.69) is 21.0 Å². The minimum Gasteiger partial charge on any atom is -0.336 e. The van der Waals surface area contributed by atoms with Crippen molar-refractivity contribution >= 4 is 38.6 Å². The molecule has 2 N–H and O–H groups in total. The summed E-state index contributed by atoms with van der Waals surface area (Å²) in [6.45, 7) is 0.716. The van der Waals surface area contributed by atoms with Crippen LogP contribution in [0.15, 0.2) is 33.9 Å². The zero-order chi connectivity index (χ0) is 21.5. The number of rotatable bonds is 4. The Morgan fingerprint density at radius 1 is 1.19 bits per heavy atom. The summed E-state index contributed by atoms with van der Waals surface area (Å²) in [6.07, 6.45) is 3.60. The number of aryl methyl sites for hydroxylation is 2. The first kappa shape index (κ1) is 19.7. The second kappa shape index (κ2) is 7.77. The van der Waals surface area contributed by atoms with Crippen LogP contribution in [0.5, 0.6) is 0 Å². The molecule has 1 unspecified atom stereocenters. The molecule has 0 saturated carbocycles. The third kappa shape index (κ3) is 3.56. The van der Waals surface area contributed by atoms with E-state index in [0.29, 0.717) is 24.4 Å². The Morgan fingerprint density at radius 2 is 2.03 bits per heavy atom. The molecule has 10 heteroatoms. The van der Waals surface area contributed by atoms with Crippen molar-refractivity contribution < 1.29 is 4.79 Å². The van der Waals surface area contributed by atoms with Gasteiger partial charge in [0.05, 0.1) is 16.3 Å². The second-order valence-electron chi connectivity index (χ2n) is 7.82. The zero-order valence-electron chi connectivity index (χ0n) is 17.1. The maximum absolute atomic E-state index is 13.1. The second-order valence-corrected chi connectivity index (χ2v) is 8.88. The summed E-state index contributed by atoms with van der Waals surface area (Å²) in [6, 6.07) is 8.03. The first-order valence-electron chi connectivity index (χ1n) is 10.3. The van der Waals surface area contributed by atoms with Gasteiger partial charge < -0.3 is 9.88 Å². The summed E-state index contributed by atoms with van der Waals surface area (Å²) in [5.74, 6) is 0.566. The first-order valence-corrected chi connectivity index (χ1v) is 11.2. The van der Waals surface area contributed by atoms with Gasteiger partial charge in [0.2, 0.25) is 5.91 Å². The smallest absolute Gasteiger partial charge is 0.329 e. The minimum atomic E-state index is -0.515. The largest absolute Gasteiger partial charge is 0.336 e. The summed E-state index contributed by atoms with van der Waals surface area (Å²) in [5.41, 5.74) is 0.490. The summed E-state index contributed by atoms with van der Waals surface area (Å²) >= 11 is 1.65. The van der Waals surface area contributed by atoms with Gasteiger partial charge in [-0.1, -0.05) is 12.1 Å². The van der Waals surface area contributed by atoms with Crippen LogP contribution in [0.2, 0.25) is 0 Å². The number of imidazole rings is 1. The molecule has 1 atom stereocenters. The molecule has 9 nitrogen and oxygen atoms in total. The number of aromatic amines is 2. The molecule has 0 spiro atoms. The van der Waals surface area contributed by atoms with E-state index in [9.17, 15) is 14.4 Å². The Hall–Kier alpha value is -3.27. The molecule has 0 aliphatic carbocycles. The summed E-state index contributed by atoms with van der Waals surface area (Å²) < 4.78 is 2.42. The Morgan fingerprint density at radius 3 is 2.87 bits per heavy atom. The molecular formula is C21H22N6O3S. The number of likely N-dealkylation sites (tertiary alicyclic amines) is 1. The van der Waals surface area contributed by atoms with E-state index >= 15 is 0 Å². The van der Waals surface area contributed by atoms with E-state index in [0.717, 1.165) is 34.5 Å². The van der Waals surface area contributed by atoms with Gasteiger partial charge >= 0.3 is 5.69 Å². The summed E-state index contributed by atoms with van der Waals surface area (Å²) in [4.78, 5) is 53.2. The minimum absolute atomic E-state index is 0.00186. The van der Waals surface area contributed by atoms with Crippen molar-refractivity contribution in [3.63, 3.8) is 0 Å². The van der Waals surface area contributed by atoms with Gasteiger partial charge in [0.1, 0.15) is 16.3 Å². The van der Waals surface area contributed by atoms with Crippen LogP contribution in [-0.2, 0) is 18.3 Å². The van der Waals surface area contributed by atoms with Crippen LogP contribution >= 0.6 is 11.3 Å². The normalized spacial score (nSPS) is 16.9. The van der Waals surface area contributed by atoms with Crippen LogP contribution in [0.4, 0.5) is 0 Å². The summed E-state index contributed by atoms with van der Waals surface area (Å²) in [7, 11) is 1.55. The maximum Gasteiger partial charge on any atom is 0.329 e. The average molecular weight is 439 g/mol. The van der Waals surface area contributed by atoms with Gasteiger partial charge in [-0.25, -0.2) is 14.8 Å². The molecule has 1 aromatic carbocycles. The Bertz CT molecular complexity index is 1360. The molecule has 1 fully saturated rings. The Labute approximate surface area is 180 Å². The van der Waals surface area contributed by atoms with Gasteiger partial charge in [-0.15, -0.1) is 11.3 Å². The lowest BCUT2D eigenvalue weighted by Gasteiger charge is -2.34. The van der Waals surface area contributed by atoms with Crippen LogP contribution in [0.1, 0.15) is 42.6 Å². The Balaban J connectivity index is 1.36. The fraction of sp³-hybridized carbons (Fsp3) is 0.381. The van der Waals surface area contributed by atoms with Gasteiger partial charge in [0.25, 0.3) is 5.56 Å². The highest BCUT2D eigenvalue weighted by molar-refractivity contribution is 7.18. The van der Waals surface area contributed by atoms with Crippen LogP contribution in [0.25, 0.3) is 21.4 Å². The highest BCUT2D eigenvalue weighted by atomic mass is 32.1. The molecule has 31 heavy (non-hydrogen) atoms. The van der Waals surface area contributed by atoms with E-state index in [4.69, 9.17) is 4.98 Å². The number of nitrogens with zero attached hydrogens (tertiary/aromatic N) is 4. The number of nitrogens with one attached hydrogen (secondary N) is 2. The summed E-state index contributed by atoms with van der Waals surface area (Å²) in [5, 5.41) is 0.986. The monoisotopic (exact) mass is 438 g/mol. The standard InChI is InChI=1S/C21H22N6O3S/c1-26-18-17(19(29)25-21(26)30)23-15(24-18)9-10-16(28)27-11-5-4-7-13(27)20-22-12-6-2-3-8-14(12)31-20/h2-3,6,8,13H,4-5,7,9-11H2,1H3,(H,23,24)(H,25,29,30). The highest BCUT2D eigenvalue weighted by Crippen LogP contribution is 2.36. The highest BCUT2D eigenvalue weighted by Gasteiger charge is 2.30. The Kier molecular flexibility index (Phi) is 4.93. The molecule has 0 radical (unpaired) electrons. The van der Waals surface area contributed by atoms with Crippen molar-refractivity contribution in [3.8, 4) is 0 Å². The first-order chi connectivity index (χ1) is 15.0. The quantitative estimate of drug-likeness (QED) is 0.507. The third-order valence-electron chi connectivity index (χ3n) is 5.80. The number of hydrogen-bond acceptors (Lipinski definition) is 6. The third-order valence-corrected chi connectivity index (χ3v) is 6.94. The fourth-order valence-corrected chi connectivity index (χ4v) is 5.27. The molecule has 5 rings (SSSR count). The van der Waals surface area contributed by atoms with E-state index in [1.54, 1.807) is 18.4 Å². The number of amides is 1. The number of fused-ring (bicyclic) bond motifs is 2. The molecular weight excluding hydrogens is 416 g/mol. The lowest BCUT2D eigenvalue weighted by atomic mass is 10.0. The molecule has 0 bridgehead atoms. The molecule has 1 aliphatic rings. The van der Waals surface area contributed by atoms with Gasteiger partial charge in [-0.3, -0.25) is 19.1 Å². The molecule has 4 heterocycles. The molecule has 1 aliphatic heterocycles. The van der Waals surface area contributed by atoms with Gasteiger partial charge in [0.15, 0.2) is 5.65 Å². The lowest BCUT2D eigenvalue weighted by molar-refractivity contribution is -0.135.